The van der Waals surface area contributed by atoms with Crippen LogP contribution >= 0.6 is 0 Å². The lowest BCUT2D eigenvalue weighted by Crippen LogP contribution is -2.43. The van der Waals surface area contributed by atoms with E-state index < -0.39 is 6.04 Å². The maximum atomic E-state index is 12.0. The molecule has 1 unspecified atom stereocenters. The Balaban J connectivity index is 2.41. The van der Waals surface area contributed by atoms with Crippen LogP contribution in [-0.2, 0) is 11.2 Å². The molecule has 1 amide bonds. The number of nitrogens with two attached hydrogens (primary N) is 1. The first kappa shape index (κ1) is 17.5. The molecule has 0 spiro atoms. The third-order valence-corrected chi connectivity index (χ3v) is 3.53. The number of rotatable bonds is 9. The summed E-state index contributed by atoms with van der Waals surface area (Å²) in [4.78, 5) is 12.0. The molecule has 0 heterocycles. The number of hydrogen-bond acceptors (Lipinski definition) is 4. The lowest BCUT2D eigenvalue weighted by molar-refractivity contribution is -0.122. The van der Waals surface area contributed by atoms with Gasteiger partial charge in [-0.15, -0.1) is 0 Å². The number of carbonyl (C=O) groups is 1. The summed E-state index contributed by atoms with van der Waals surface area (Å²) >= 11 is 0. The lowest BCUT2D eigenvalue weighted by Gasteiger charge is -2.18. The van der Waals surface area contributed by atoms with Gasteiger partial charge in [-0.2, -0.15) is 0 Å². The van der Waals surface area contributed by atoms with Crippen molar-refractivity contribution in [2.75, 3.05) is 13.2 Å². The van der Waals surface area contributed by atoms with Crippen LogP contribution in [0.25, 0.3) is 0 Å². The second-order valence-corrected chi connectivity index (χ2v) is 5.39. The van der Waals surface area contributed by atoms with Gasteiger partial charge in [0.2, 0.25) is 5.91 Å². The number of benzene rings is 1. The molecule has 21 heavy (non-hydrogen) atoms. The van der Waals surface area contributed by atoms with Crippen molar-refractivity contribution < 1.29 is 15.0 Å². The van der Waals surface area contributed by atoms with E-state index in [4.69, 9.17) is 10.8 Å². The van der Waals surface area contributed by atoms with Crippen molar-refractivity contribution in [2.24, 2.45) is 11.7 Å². The molecular weight excluding hydrogens is 268 g/mol. The molecule has 2 atom stereocenters. The molecule has 0 saturated carbocycles. The fourth-order valence-corrected chi connectivity index (χ4v) is 2.29. The summed E-state index contributed by atoms with van der Waals surface area (Å²) in [5, 5.41) is 21.1. The zero-order valence-electron chi connectivity index (χ0n) is 12.6. The summed E-state index contributed by atoms with van der Waals surface area (Å²) in [6.45, 7) is 2.78. The molecule has 1 aromatic carbocycles. The number of nitrogens with one attached hydrogen (secondary N) is 1. The highest BCUT2D eigenvalue weighted by Crippen LogP contribution is 2.12. The average molecular weight is 294 g/mol. The molecule has 0 saturated heterocycles. The van der Waals surface area contributed by atoms with Gasteiger partial charge in [0.05, 0.1) is 6.04 Å². The van der Waals surface area contributed by atoms with Gasteiger partial charge >= 0.3 is 0 Å². The van der Waals surface area contributed by atoms with E-state index >= 15 is 0 Å². The van der Waals surface area contributed by atoms with Crippen LogP contribution in [0.5, 0.6) is 5.75 Å². The number of carbonyl (C=O) groups excluding carboxylic acids is 1. The smallest absolute Gasteiger partial charge is 0.237 e. The summed E-state index contributed by atoms with van der Waals surface area (Å²) < 4.78 is 0. The molecule has 1 rings (SSSR count). The highest BCUT2D eigenvalue weighted by atomic mass is 16.3. The molecule has 0 fully saturated rings. The number of hydrogen-bond donors (Lipinski definition) is 4. The quantitative estimate of drug-likeness (QED) is 0.550. The van der Waals surface area contributed by atoms with E-state index in [0.717, 1.165) is 18.4 Å². The first-order valence-electron chi connectivity index (χ1n) is 7.48. The highest BCUT2D eigenvalue weighted by Gasteiger charge is 2.16. The molecular formula is C16H26N2O3. The average Bonchev–Trinajstić information content (AvgIpc) is 2.47. The van der Waals surface area contributed by atoms with Crippen LogP contribution in [-0.4, -0.2) is 35.3 Å². The number of aliphatic hydroxyl groups excluding tert-OH is 1. The van der Waals surface area contributed by atoms with Crippen LogP contribution in [0.4, 0.5) is 0 Å². The summed E-state index contributed by atoms with van der Waals surface area (Å²) in [7, 11) is 0. The molecule has 5 heteroatoms. The topological polar surface area (TPSA) is 95.6 Å². The Labute approximate surface area is 126 Å². The third kappa shape index (κ3) is 6.60. The molecule has 5 N–H and O–H groups in total. The minimum Gasteiger partial charge on any atom is -0.508 e. The third-order valence-electron chi connectivity index (χ3n) is 3.53. The Hall–Kier alpha value is -1.59. The van der Waals surface area contributed by atoms with Crippen LogP contribution in [0, 0.1) is 5.92 Å². The SMILES string of the molecule is CCCC(CCO)CNC(=O)[C@H](N)Cc1ccc(O)cc1. The predicted octanol–water partition coefficient (Wildman–Crippen LogP) is 1.18. The van der Waals surface area contributed by atoms with Gasteiger partial charge < -0.3 is 21.3 Å². The van der Waals surface area contributed by atoms with E-state index in [-0.39, 0.29) is 18.3 Å². The minimum atomic E-state index is -0.606. The van der Waals surface area contributed by atoms with Gasteiger partial charge in [0.15, 0.2) is 0 Å². The summed E-state index contributed by atoms with van der Waals surface area (Å²) in [5.41, 5.74) is 6.81. The molecule has 0 aromatic heterocycles. The zero-order chi connectivity index (χ0) is 15.7. The summed E-state index contributed by atoms with van der Waals surface area (Å²) in [6.07, 6.45) is 3.14. The van der Waals surface area contributed by atoms with E-state index in [2.05, 4.69) is 12.2 Å². The molecule has 0 aliphatic heterocycles. The Kier molecular flexibility index (Phi) is 7.79. The number of phenolic OH excluding ortho intramolecular Hbond substituents is 1. The van der Waals surface area contributed by atoms with Gasteiger partial charge in [0, 0.05) is 13.2 Å². The van der Waals surface area contributed by atoms with Crippen LogP contribution in [0.3, 0.4) is 0 Å². The molecule has 1 aromatic rings. The molecule has 118 valence electrons. The molecule has 0 bridgehead atoms. The fraction of sp³-hybridized carbons (Fsp3) is 0.562. The van der Waals surface area contributed by atoms with Gasteiger partial charge in [0.1, 0.15) is 5.75 Å². The number of aromatic hydroxyl groups is 1. The Bertz CT molecular complexity index is 414. The normalized spacial score (nSPS) is 13.7. The van der Waals surface area contributed by atoms with E-state index in [9.17, 15) is 9.90 Å². The van der Waals surface area contributed by atoms with Crippen molar-refractivity contribution in [1.82, 2.24) is 5.32 Å². The van der Waals surface area contributed by atoms with E-state index in [0.29, 0.717) is 25.3 Å². The molecule has 5 nitrogen and oxygen atoms in total. The maximum absolute atomic E-state index is 12.0. The van der Waals surface area contributed by atoms with Crippen molar-refractivity contribution in [1.29, 1.82) is 0 Å². The summed E-state index contributed by atoms with van der Waals surface area (Å²) in [5.74, 6) is 0.315. The second kappa shape index (κ2) is 9.37. The second-order valence-electron chi connectivity index (χ2n) is 5.39. The highest BCUT2D eigenvalue weighted by molar-refractivity contribution is 5.81. The Morgan fingerprint density at radius 1 is 1.29 bits per heavy atom. The van der Waals surface area contributed by atoms with Crippen molar-refractivity contribution in [3.05, 3.63) is 29.8 Å². The monoisotopic (exact) mass is 294 g/mol. The van der Waals surface area contributed by atoms with E-state index in [1.54, 1.807) is 24.3 Å². The van der Waals surface area contributed by atoms with Gasteiger partial charge in [-0.05, 0) is 42.9 Å². The van der Waals surface area contributed by atoms with Gasteiger partial charge in [0.25, 0.3) is 0 Å². The largest absolute Gasteiger partial charge is 0.508 e. The first-order chi connectivity index (χ1) is 10.1. The first-order valence-corrected chi connectivity index (χ1v) is 7.48. The zero-order valence-corrected chi connectivity index (χ0v) is 12.6. The maximum Gasteiger partial charge on any atom is 0.237 e. The number of amides is 1. The lowest BCUT2D eigenvalue weighted by atomic mass is 10.00. The van der Waals surface area contributed by atoms with Crippen molar-refractivity contribution in [3.8, 4) is 5.75 Å². The fourth-order valence-electron chi connectivity index (χ4n) is 2.29. The van der Waals surface area contributed by atoms with E-state index in [1.165, 1.54) is 0 Å². The van der Waals surface area contributed by atoms with Crippen molar-refractivity contribution in [2.45, 2.75) is 38.6 Å². The van der Waals surface area contributed by atoms with Crippen LogP contribution in [0.15, 0.2) is 24.3 Å². The van der Waals surface area contributed by atoms with Gasteiger partial charge in [-0.3, -0.25) is 4.79 Å². The van der Waals surface area contributed by atoms with Crippen LogP contribution in [0.1, 0.15) is 31.7 Å². The number of aliphatic hydroxyl groups is 1. The predicted molar refractivity (Wildman–Crippen MR) is 82.9 cm³/mol. The Morgan fingerprint density at radius 3 is 2.52 bits per heavy atom. The van der Waals surface area contributed by atoms with Gasteiger partial charge in [-0.1, -0.05) is 25.5 Å². The van der Waals surface area contributed by atoms with Crippen molar-refractivity contribution >= 4 is 5.91 Å². The van der Waals surface area contributed by atoms with E-state index in [1.807, 2.05) is 0 Å². The molecule has 0 aliphatic rings. The Morgan fingerprint density at radius 2 is 1.95 bits per heavy atom. The number of phenols is 1. The summed E-state index contributed by atoms with van der Waals surface area (Å²) in [6, 6.07) is 6.07. The van der Waals surface area contributed by atoms with Crippen LogP contribution in [0.2, 0.25) is 0 Å². The standard InChI is InChI=1S/C16H26N2O3/c1-2-3-13(8-9-19)11-18-16(21)15(17)10-12-4-6-14(20)7-5-12/h4-7,13,15,19-20H,2-3,8-11,17H2,1H3,(H,18,21)/t13?,15-/m1/s1. The molecule has 0 aliphatic carbocycles. The molecule has 0 radical (unpaired) electrons. The van der Waals surface area contributed by atoms with Crippen molar-refractivity contribution in [3.63, 3.8) is 0 Å². The minimum absolute atomic E-state index is 0.139. The van der Waals surface area contributed by atoms with Crippen LogP contribution < -0.4 is 11.1 Å². The van der Waals surface area contributed by atoms with Gasteiger partial charge in [-0.25, -0.2) is 0 Å².